The second-order valence-electron chi connectivity index (χ2n) is 5.43. The molecule has 0 radical (unpaired) electrons. The summed E-state index contributed by atoms with van der Waals surface area (Å²) in [7, 11) is 0. The maximum atomic E-state index is 13.7. The number of hydrogen-bond donors (Lipinski definition) is 1. The van der Waals surface area contributed by atoms with Crippen molar-refractivity contribution in [1.82, 2.24) is 4.57 Å². The Morgan fingerprint density at radius 2 is 1.62 bits per heavy atom. The summed E-state index contributed by atoms with van der Waals surface area (Å²) < 4.78 is 28.7. The second-order valence-corrected chi connectivity index (χ2v) is 5.43. The monoisotopic (exact) mass is 326 g/mol. The number of carbonyl (C=O) groups excluding carboxylic acids is 1. The highest BCUT2D eigenvalue weighted by atomic mass is 19.1. The molecule has 1 heterocycles. The van der Waals surface area contributed by atoms with Crippen LogP contribution < -0.4 is 5.32 Å². The first-order valence-electron chi connectivity index (χ1n) is 7.56. The summed E-state index contributed by atoms with van der Waals surface area (Å²) in [6.07, 6.45) is 3.78. The van der Waals surface area contributed by atoms with Crippen molar-refractivity contribution in [1.29, 1.82) is 0 Å². The number of carbonyl (C=O) groups is 1. The number of benzene rings is 2. The van der Waals surface area contributed by atoms with Crippen molar-refractivity contribution in [2.24, 2.45) is 0 Å². The Balaban J connectivity index is 1.81. The molecular formula is C19H16F2N2O. The van der Waals surface area contributed by atoms with Crippen LogP contribution in [0.25, 0.3) is 0 Å². The summed E-state index contributed by atoms with van der Waals surface area (Å²) >= 11 is 0. The lowest BCUT2D eigenvalue weighted by molar-refractivity contribution is -0.116. The van der Waals surface area contributed by atoms with E-state index in [1.807, 2.05) is 29.1 Å². The lowest BCUT2D eigenvalue weighted by atomic mass is 10.0. The smallest absolute Gasteiger partial charge is 0.226 e. The van der Waals surface area contributed by atoms with Crippen LogP contribution in [0.3, 0.4) is 0 Å². The fourth-order valence-corrected chi connectivity index (χ4v) is 2.58. The van der Waals surface area contributed by atoms with Gasteiger partial charge in [-0.15, -0.1) is 0 Å². The molecule has 5 heteroatoms. The minimum Gasteiger partial charge on any atom is -0.346 e. The van der Waals surface area contributed by atoms with Crippen molar-refractivity contribution in [3.05, 3.63) is 90.3 Å². The molecule has 0 saturated heterocycles. The van der Waals surface area contributed by atoms with E-state index in [1.165, 1.54) is 24.3 Å². The third-order valence-corrected chi connectivity index (χ3v) is 3.77. The van der Waals surface area contributed by atoms with Crippen LogP contribution in [0.15, 0.2) is 73.1 Å². The molecule has 1 atom stereocenters. The van der Waals surface area contributed by atoms with Gasteiger partial charge in [-0.3, -0.25) is 4.79 Å². The van der Waals surface area contributed by atoms with Gasteiger partial charge in [0.1, 0.15) is 11.6 Å². The van der Waals surface area contributed by atoms with Crippen LogP contribution in [0.5, 0.6) is 0 Å². The molecule has 0 aliphatic carbocycles. The Hall–Kier alpha value is -2.95. The molecule has 3 nitrogen and oxygen atoms in total. The van der Waals surface area contributed by atoms with E-state index in [0.717, 1.165) is 5.56 Å². The fraction of sp³-hybridized carbons (Fsp3) is 0.105. The molecule has 3 rings (SSSR count). The van der Waals surface area contributed by atoms with E-state index in [1.54, 1.807) is 24.3 Å². The van der Waals surface area contributed by atoms with Crippen LogP contribution in [0.1, 0.15) is 18.0 Å². The highest BCUT2D eigenvalue weighted by Gasteiger charge is 2.18. The molecule has 0 bridgehead atoms. The predicted octanol–water partition coefficient (Wildman–Crippen LogP) is 4.38. The Labute approximate surface area is 138 Å². The van der Waals surface area contributed by atoms with Crippen molar-refractivity contribution < 1.29 is 13.6 Å². The fourth-order valence-electron chi connectivity index (χ4n) is 2.58. The quantitative estimate of drug-likeness (QED) is 0.741. The van der Waals surface area contributed by atoms with E-state index in [9.17, 15) is 13.6 Å². The van der Waals surface area contributed by atoms with Crippen LogP contribution >= 0.6 is 0 Å². The van der Waals surface area contributed by atoms with Gasteiger partial charge in [0.25, 0.3) is 0 Å². The molecule has 1 amide bonds. The Kier molecular flexibility index (Phi) is 4.70. The van der Waals surface area contributed by atoms with Crippen LogP contribution in [-0.2, 0) is 4.79 Å². The first-order valence-corrected chi connectivity index (χ1v) is 7.56. The summed E-state index contributed by atoms with van der Waals surface area (Å²) in [4.78, 5) is 12.3. The number of aromatic nitrogens is 1. The van der Waals surface area contributed by atoms with Gasteiger partial charge in [-0.1, -0.05) is 24.3 Å². The van der Waals surface area contributed by atoms with E-state index in [2.05, 4.69) is 5.32 Å². The minimum atomic E-state index is -0.481. The zero-order valence-corrected chi connectivity index (χ0v) is 12.8. The maximum absolute atomic E-state index is 13.7. The van der Waals surface area contributed by atoms with Crippen LogP contribution in [-0.4, -0.2) is 10.5 Å². The van der Waals surface area contributed by atoms with Crippen molar-refractivity contribution in [3.8, 4) is 0 Å². The average Bonchev–Trinajstić information content (AvgIpc) is 3.10. The summed E-state index contributed by atoms with van der Waals surface area (Å²) in [6.45, 7) is 0. The topological polar surface area (TPSA) is 34.0 Å². The summed E-state index contributed by atoms with van der Waals surface area (Å²) in [5, 5.41) is 2.58. The first kappa shape index (κ1) is 15.9. The Morgan fingerprint density at radius 3 is 2.29 bits per heavy atom. The van der Waals surface area contributed by atoms with Crippen molar-refractivity contribution >= 4 is 11.6 Å². The van der Waals surface area contributed by atoms with E-state index in [-0.39, 0.29) is 29.9 Å². The van der Waals surface area contributed by atoms with E-state index >= 15 is 0 Å². The number of nitrogens with zero attached hydrogens (tertiary/aromatic N) is 1. The lowest BCUT2D eigenvalue weighted by Gasteiger charge is -2.19. The van der Waals surface area contributed by atoms with Gasteiger partial charge in [0.15, 0.2) is 0 Å². The number of amides is 1. The van der Waals surface area contributed by atoms with Gasteiger partial charge in [-0.05, 0) is 42.0 Å². The zero-order valence-electron chi connectivity index (χ0n) is 12.8. The maximum Gasteiger partial charge on any atom is 0.226 e. The van der Waals surface area contributed by atoms with Crippen LogP contribution in [0.2, 0.25) is 0 Å². The molecule has 2 aromatic carbocycles. The Morgan fingerprint density at radius 1 is 0.958 bits per heavy atom. The van der Waals surface area contributed by atoms with Gasteiger partial charge in [0.2, 0.25) is 5.91 Å². The molecule has 0 aliphatic rings. The first-order chi connectivity index (χ1) is 11.6. The van der Waals surface area contributed by atoms with Crippen molar-refractivity contribution in [3.63, 3.8) is 0 Å². The van der Waals surface area contributed by atoms with Crippen molar-refractivity contribution in [2.75, 3.05) is 5.32 Å². The third kappa shape index (κ3) is 3.68. The van der Waals surface area contributed by atoms with Gasteiger partial charge in [0.05, 0.1) is 18.2 Å². The molecule has 0 spiro atoms. The second kappa shape index (κ2) is 7.08. The van der Waals surface area contributed by atoms with E-state index < -0.39 is 5.82 Å². The molecule has 0 aliphatic heterocycles. The standard InChI is InChI=1S/C19H16F2N2O/c20-15-9-7-14(8-10-15)18(23-11-3-4-12-23)13-19(24)22-17-6-2-1-5-16(17)21/h1-12,18H,13H2,(H,22,24). The minimum absolute atomic E-state index is 0.106. The van der Waals surface area contributed by atoms with Crippen molar-refractivity contribution in [2.45, 2.75) is 12.5 Å². The zero-order chi connectivity index (χ0) is 16.9. The summed E-state index contributed by atoms with van der Waals surface area (Å²) in [5.41, 5.74) is 0.948. The summed E-state index contributed by atoms with van der Waals surface area (Å²) in [5.74, 6) is -1.13. The van der Waals surface area contributed by atoms with Gasteiger partial charge in [-0.2, -0.15) is 0 Å². The summed E-state index contributed by atoms with van der Waals surface area (Å²) in [6, 6.07) is 15.4. The number of hydrogen-bond acceptors (Lipinski definition) is 1. The molecule has 0 saturated carbocycles. The van der Waals surface area contributed by atoms with Crippen LogP contribution in [0, 0.1) is 11.6 Å². The highest BCUT2D eigenvalue weighted by molar-refractivity contribution is 5.91. The number of nitrogens with one attached hydrogen (secondary N) is 1. The number of para-hydroxylation sites is 1. The van der Waals surface area contributed by atoms with Gasteiger partial charge < -0.3 is 9.88 Å². The molecule has 3 aromatic rings. The molecule has 1 N–H and O–H groups in total. The lowest BCUT2D eigenvalue weighted by Crippen LogP contribution is -2.20. The van der Waals surface area contributed by atoms with E-state index in [4.69, 9.17) is 0 Å². The third-order valence-electron chi connectivity index (χ3n) is 3.77. The molecule has 1 aromatic heterocycles. The SMILES string of the molecule is O=C(CC(c1ccc(F)cc1)n1cccc1)Nc1ccccc1F. The largest absolute Gasteiger partial charge is 0.346 e. The van der Waals surface area contributed by atoms with Gasteiger partial charge in [-0.25, -0.2) is 8.78 Å². The predicted molar refractivity (Wildman–Crippen MR) is 88.6 cm³/mol. The molecule has 24 heavy (non-hydrogen) atoms. The number of rotatable bonds is 5. The van der Waals surface area contributed by atoms with Gasteiger partial charge >= 0.3 is 0 Å². The number of anilines is 1. The highest BCUT2D eigenvalue weighted by Crippen LogP contribution is 2.24. The normalized spacial score (nSPS) is 11.9. The molecule has 0 fully saturated rings. The Bertz CT molecular complexity index is 814. The van der Waals surface area contributed by atoms with E-state index in [0.29, 0.717) is 0 Å². The molecule has 1 unspecified atom stereocenters. The van der Waals surface area contributed by atoms with Gasteiger partial charge in [0, 0.05) is 12.4 Å². The number of halogens is 2. The van der Waals surface area contributed by atoms with Crippen LogP contribution in [0.4, 0.5) is 14.5 Å². The molecule has 122 valence electrons. The average molecular weight is 326 g/mol. The molecular weight excluding hydrogens is 310 g/mol.